The van der Waals surface area contributed by atoms with E-state index in [2.05, 4.69) is 85.8 Å². The van der Waals surface area contributed by atoms with Gasteiger partial charge in [-0.15, -0.1) is 22.7 Å². The second kappa shape index (κ2) is 11.5. The summed E-state index contributed by atoms with van der Waals surface area (Å²) in [5.74, 6) is 0. The van der Waals surface area contributed by atoms with Crippen LogP contribution in [0.1, 0.15) is 76.7 Å². The molecule has 2 heteroatoms. The van der Waals surface area contributed by atoms with Crippen LogP contribution in [0.4, 0.5) is 0 Å². The van der Waals surface area contributed by atoms with Gasteiger partial charge in [-0.1, -0.05) is 113 Å². The molecule has 0 radical (unpaired) electrons. The molecule has 0 fully saturated rings. The molecule has 2 aromatic heterocycles. The van der Waals surface area contributed by atoms with Crippen LogP contribution in [0, 0.1) is 0 Å². The fourth-order valence-corrected chi connectivity index (χ4v) is 9.02. The first-order valence-electron chi connectivity index (χ1n) is 15.4. The summed E-state index contributed by atoms with van der Waals surface area (Å²) in [6.07, 6.45) is 15.2. The zero-order valence-electron chi connectivity index (χ0n) is 23.6. The zero-order valence-corrected chi connectivity index (χ0v) is 25.2. The van der Waals surface area contributed by atoms with E-state index < -0.39 is 0 Å². The van der Waals surface area contributed by atoms with Gasteiger partial charge in [0.1, 0.15) is 0 Å². The topological polar surface area (TPSA) is 0 Å². The molecular weight excluding hydrogens is 521 g/mol. The Morgan fingerprint density at radius 2 is 1.02 bits per heavy atom. The summed E-state index contributed by atoms with van der Waals surface area (Å²) in [5.41, 5.74) is 1.50. The van der Waals surface area contributed by atoms with Gasteiger partial charge in [0.15, 0.2) is 0 Å². The van der Waals surface area contributed by atoms with Crippen LogP contribution < -0.4 is 0 Å². The molecule has 0 aliphatic carbocycles. The van der Waals surface area contributed by atoms with Gasteiger partial charge in [-0.25, -0.2) is 0 Å². The quantitative estimate of drug-likeness (QED) is 0.109. The Hall–Kier alpha value is -2.94. The van der Waals surface area contributed by atoms with E-state index in [1.807, 2.05) is 22.7 Å². The predicted octanol–water partition coefficient (Wildman–Crippen LogP) is 13.2. The van der Waals surface area contributed by atoms with E-state index in [0.717, 1.165) is 0 Å². The van der Waals surface area contributed by atoms with Crippen LogP contribution in [0.2, 0.25) is 0 Å². The van der Waals surface area contributed by atoms with Crippen LogP contribution in [0.15, 0.2) is 78.9 Å². The number of hydrogen-bond donors (Lipinski definition) is 0. The van der Waals surface area contributed by atoms with Crippen molar-refractivity contribution in [3.63, 3.8) is 0 Å². The van der Waals surface area contributed by atoms with Gasteiger partial charge >= 0.3 is 0 Å². The van der Waals surface area contributed by atoms with Crippen molar-refractivity contribution in [2.24, 2.45) is 0 Å². The van der Waals surface area contributed by atoms with Crippen molar-refractivity contribution < 1.29 is 0 Å². The van der Waals surface area contributed by atoms with E-state index >= 15 is 0 Å². The minimum absolute atomic E-state index is 1.20. The molecule has 0 aliphatic rings. The average Bonchev–Trinajstić information content (AvgIpc) is 3.56. The molecule has 7 aromatic rings. The lowest BCUT2D eigenvalue weighted by atomic mass is 9.99. The summed E-state index contributed by atoms with van der Waals surface area (Å²) in [6, 6.07) is 30.3. The highest BCUT2D eigenvalue weighted by Crippen LogP contribution is 2.43. The number of aryl methyl sites for hydroxylation is 1. The molecule has 5 aromatic carbocycles. The molecule has 0 amide bonds. The van der Waals surface area contributed by atoms with Crippen molar-refractivity contribution in [3.05, 3.63) is 84.4 Å². The molecule has 202 valence electrons. The van der Waals surface area contributed by atoms with Crippen molar-refractivity contribution in [2.45, 2.75) is 77.6 Å². The number of thiophene rings is 2. The molecule has 40 heavy (non-hydrogen) atoms. The van der Waals surface area contributed by atoms with Crippen molar-refractivity contribution >= 4 is 84.6 Å². The predicted molar refractivity (Wildman–Crippen MR) is 183 cm³/mol. The van der Waals surface area contributed by atoms with Gasteiger partial charge in [-0.3, -0.25) is 0 Å². The van der Waals surface area contributed by atoms with E-state index in [-0.39, 0.29) is 0 Å². The highest BCUT2D eigenvalue weighted by atomic mass is 32.1. The smallest absolute Gasteiger partial charge is 0.0434 e. The minimum atomic E-state index is 1.20. The highest BCUT2D eigenvalue weighted by Gasteiger charge is 2.13. The Labute approximate surface area is 245 Å². The molecule has 0 spiro atoms. The Balaban J connectivity index is 1.12. The fraction of sp³-hybridized carbons (Fsp3) is 0.316. The number of fused-ring (bicyclic) bond motifs is 10. The minimum Gasteiger partial charge on any atom is -0.135 e. The van der Waals surface area contributed by atoms with E-state index in [4.69, 9.17) is 0 Å². The first-order chi connectivity index (χ1) is 19.8. The summed E-state index contributed by atoms with van der Waals surface area (Å²) in [7, 11) is 0. The molecule has 0 bridgehead atoms. The Bertz CT molecular complexity index is 1950. The standard InChI is InChI=1S/C38H38S2/c1-2-3-4-5-6-7-8-9-10-11-14-26-17-22-36-34(23-26)31-21-19-28-24-32-27(25-33(28)38(31)40-36)18-20-30-29-15-12-13-16-35(29)39-37(30)32/h12-13,15-25H,2-11,14H2,1H3. The lowest BCUT2D eigenvalue weighted by Crippen LogP contribution is -1.86. The van der Waals surface area contributed by atoms with Crippen molar-refractivity contribution in [1.82, 2.24) is 0 Å². The summed E-state index contributed by atoms with van der Waals surface area (Å²) >= 11 is 3.89. The highest BCUT2D eigenvalue weighted by molar-refractivity contribution is 7.27. The number of unbranched alkanes of at least 4 members (excludes halogenated alkanes) is 9. The van der Waals surface area contributed by atoms with Crippen LogP contribution in [-0.4, -0.2) is 0 Å². The summed E-state index contributed by atoms with van der Waals surface area (Å²) in [6.45, 7) is 2.30. The Kier molecular flexibility index (Phi) is 7.48. The lowest BCUT2D eigenvalue weighted by molar-refractivity contribution is 0.556. The molecule has 0 saturated heterocycles. The zero-order chi connectivity index (χ0) is 26.9. The maximum atomic E-state index is 2.48. The van der Waals surface area contributed by atoms with E-state index in [9.17, 15) is 0 Å². The molecule has 0 saturated carbocycles. The van der Waals surface area contributed by atoms with Crippen LogP contribution >= 0.6 is 22.7 Å². The third-order valence-corrected chi connectivity index (χ3v) is 11.3. The summed E-state index contributed by atoms with van der Waals surface area (Å²) in [5, 5.41) is 11.1. The first kappa shape index (κ1) is 26.0. The van der Waals surface area contributed by atoms with Crippen LogP contribution in [0.3, 0.4) is 0 Å². The van der Waals surface area contributed by atoms with Gasteiger partial charge in [0.2, 0.25) is 0 Å². The van der Waals surface area contributed by atoms with Gasteiger partial charge < -0.3 is 0 Å². The molecule has 2 heterocycles. The number of hydrogen-bond acceptors (Lipinski definition) is 2. The van der Waals surface area contributed by atoms with Gasteiger partial charge in [0.25, 0.3) is 0 Å². The van der Waals surface area contributed by atoms with Crippen molar-refractivity contribution in [2.75, 3.05) is 0 Å². The van der Waals surface area contributed by atoms with Gasteiger partial charge in [-0.05, 0) is 59.5 Å². The molecule has 0 N–H and O–H groups in total. The van der Waals surface area contributed by atoms with E-state index in [1.54, 1.807) is 0 Å². The van der Waals surface area contributed by atoms with Crippen molar-refractivity contribution in [3.8, 4) is 0 Å². The molecule has 0 atom stereocenters. The maximum absolute atomic E-state index is 2.48. The normalized spacial score (nSPS) is 12.2. The second-order valence-electron chi connectivity index (χ2n) is 11.6. The van der Waals surface area contributed by atoms with E-state index in [1.165, 1.54) is 138 Å². The molecular formula is C38H38S2. The largest absolute Gasteiger partial charge is 0.135 e. The lowest BCUT2D eigenvalue weighted by Gasteiger charge is -2.06. The SMILES string of the molecule is CCCCCCCCCCCCc1ccc2sc3c4cc5ccc6c7ccccc7sc6c5cc4ccc3c2c1. The Morgan fingerprint density at radius 3 is 1.70 bits per heavy atom. The van der Waals surface area contributed by atoms with Gasteiger partial charge in [0, 0.05) is 51.1 Å². The second-order valence-corrected chi connectivity index (χ2v) is 13.7. The van der Waals surface area contributed by atoms with Crippen LogP contribution in [0.25, 0.3) is 61.9 Å². The van der Waals surface area contributed by atoms with E-state index in [0.29, 0.717) is 0 Å². The average molecular weight is 559 g/mol. The fourth-order valence-electron chi connectivity index (χ4n) is 6.58. The summed E-state index contributed by atoms with van der Waals surface area (Å²) < 4.78 is 5.63. The molecule has 0 aliphatic heterocycles. The first-order valence-corrected chi connectivity index (χ1v) is 17.1. The molecule has 7 rings (SSSR count). The monoisotopic (exact) mass is 558 g/mol. The van der Waals surface area contributed by atoms with Gasteiger partial charge in [0.05, 0.1) is 0 Å². The maximum Gasteiger partial charge on any atom is 0.0434 e. The molecule has 0 unspecified atom stereocenters. The van der Waals surface area contributed by atoms with Crippen molar-refractivity contribution in [1.29, 1.82) is 0 Å². The molecule has 0 nitrogen and oxygen atoms in total. The van der Waals surface area contributed by atoms with Crippen LogP contribution in [0.5, 0.6) is 0 Å². The third kappa shape index (κ3) is 4.91. The van der Waals surface area contributed by atoms with Crippen LogP contribution in [-0.2, 0) is 6.42 Å². The van der Waals surface area contributed by atoms with Gasteiger partial charge in [-0.2, -0.15) is 0 Å². The summed E-state index contributed by atoms with van der Waals surface area (Å²) in [4.78, 5) is 0. The number of rotatable bonds is 11. The third-order valence-electron chi connectivity index (χ3n) is 8.81. The number of benzene rings is 5. The Morgan fingerprint density at radius 1 is 0.450 bits per heavy atom.